The van der Waals surface area contributed by atoms with E-state index in [9.17, 15) is 4.39 Å². The quantitative estimate of drug-likeness (QED) is 0.717. The summed E-state index contributed by atoms with van der Waals surface area (Å²) in [6.07, 6.45) is 8.38. The van der Waals surface area contributed by atoms with Crippen LogP contribution in [0.25, 0.3) is 11.4 Å². The number of rotatable bonds is 5. The average Bonchev–Trinajstić information content (AvgIpc) is 3.23. The summed E-state index contributed by atoms with van der Waals surface area (Å²) < 4.78 is 22.4. The van der Waals surface area contributed by atoms with Gasteiger partial charge in [-0.25, -0.2) is 9.37 Å². The van der Waals surface area contributed by atoms with Crippen LogP contribution in [0.3, 0.4) is 0 Å². The molecule has 0 aliphatic heterocycles. The number of carbonyl (C=O) groups is 1. The fourth-order valence-electron chi connectivity index (χ4n) is 2.40. The summed E-state index contributed by atoms with van der Waals surface area (Å²) in [5.74, 6) is 0.640. The van der Waals surface area contributed by atoms with Gasteiger partial charge in [-0.2, -0.15) is 5.10 Å². The van der Waals surface area contributed by atoms with Crippen molar-refractivity contribution in [3.05, 3.63) is 54.4 Å². The van der Waals surface area contributed by atoms with Gasteiger partial charge >= 0.3 is 0 Å². The van der Waals surface area contributed by atoms with E-state index < -0.39 is 0 Å². The van der Waals surface area contributed by atoms with Crippen LogP contribution < -0.4 is 4.74 Å². The predicted molar refractivity (Wildman–Crippen MR) is 89.8 cm³/mol. The summed E-state index contributed by atoms with van der Waals surface area (Å²) in [4.78, 5) is 12.7. The molecule has 8 heteroatoms. The van der Waals surface area contributed by atoms with Crippen LogP contribution in [-0.4, -0.2) is 38.0 Å². The lowest BCUT2D eigenvalue weighted by atomic mass is 10.2. The van der Waals surface area contributed by atoms with Crippen LogP contribution >= 0.6 is 0 Å². The molecule has 3 aromatic rings. The Labute approximate surface area is 144 Å². The molecule has 0 aliphatic rings. The summed E-state index contributed by atoms with van der Waals surface area (Å²) in [6, 6.07) is 4.77. The monoisotopic (exact) mass is 346 g/mol. The Kier molecular flexibility index (Phi) is 6.27. The molecule has 132 valence electrons. The van der Waals surface area contributed by atoms with E-state index in [0.717, 1.165) is 24.4 Å². The zero-order chi connectivity index (χ0) is 18.2. The minimum absolute atomic E-state index is 0.222. The summed E-state index contributed by atoms with van der Waals surface area (Å²) in [7, 11) is 3.36. The number of hydrogen-bond acceptors (Lipinski definition) is 4. The first-order valence-electron chi connectivity index (χ1n) is 7.49. The van der Waals surface area contributed by atoms with Crippen molar-refractivity contribution < 1.29 is 19.0 Å². The van der Waals surface area contributed by atoms with Gasteiger partial charge in [-0.15, -0.1) is 0 Å². The summed E-state index contributed by atoms with van der Waals surface area (Å²) in [5, 5.41) is 11.1. The van der Waals surface area contributed by atoms with E-state index in [-0.39, 0.29) is 18.0 Å². The lowest BCUT2D eigenvalue weighted by Crippen LogP contribution is -2.02. The van der Waals surface area contributed by atoms with E-state index in [1.165, 1.54) is 18.7 Å². The third-order valence-electron chi connectivity index (χ3n) is 3.52. The number of halogens is 1. The molecule has 0 radical (unpaired) electrons. The largest absolute Gasteiger partial charge is 0.494 e. The number of benzene rings is 1. The molecule has 2 aromatic heterocycles. The Balaban J connectivity index is 0.000000701. The highest BCUT2D eigenvalue weighted by atomic mass is 19.1. The van der Waals surface area contributed by atoms with E-state index >= 15 is 0 Å². The summed E-state index contributed by atoms with van der Waals surface area (Å²) >= 11 is 0. The first-order valence-corrected chi connectivity index (χ1v) is 7.49. The molecular weight excluding hydrogens is 327 g/mol. The predicted octanol–water partition coefficient (Wildman–Crippen LogP) is 2.37. The summed E-state index contributed by atoms with van der Waals surface area (Å²) in [6.45, 7) is 0.528. The molecule has 0 aliphatic carbocycles. The van der Waals surface area contributed by atoms with Crippen LogP contribution in [0.15, 0.2) is 43.0 Å². The van der Waals surface area contributed by atoms with Crippen molar-refractivity contribution in [2.75, 3.05) is 7.11 Å². The normalized spacial score (nSPS) is 10.0. The number of aryl methyl sites for hydroxylation is 3. The molecule has 0 amide bonds. The van der Waals surface area contributed by atoms with Gasteiger partial charge in [0.2, 0.25) is 0 Å². The zero-order valence-corrected chi connectivity index (χ0v) is 14.0. The number of imidazole rings is 1. The number of aromatic nitrogens is 4. The third-order valence-corrected chi connectivity index (χ3v) is 3.52. The molecule has 2 heterocycles. The van der Waals surface area contributed by atoms with Crippen molar-refractivity contribution in [1.29, 1.82) is 0 Å². The van der Waals surface area contributed by atoms with Crippen molar-refractivity contribution in [3.8, 4) is 17.1 Å². The lowest BCUT2D eigenvalue weighted by Gasteiger charge is -2.09. The molecule has 0 saturated heterocycles. The van der Waals surface area contributed by atoms with Crippen LogP contribution in [0.2, 0.25) is 0 Å². The minimum Gasteiger partial charge on any atom is -0.494 e. The molecule has 0 saturated carbocycles. The molecule has 3 rings (SSSR count). The maximum Gasteiger partial charge on any atom is 0.290 e. The van der Waals surface area contributed by atoms with E-state index in [1.54, 1.807) is 23.0 Å². The number of methoxy groups -OCH3 is 1. The molecule has 25 heavy (non-hydrogen) atoms. The topological polar surface area (TPSA) is 82.2 Å². The van der Waals surface area contributed by atoms with Crippen LogP contribution in [0.1, 0.15) is 5.56 Å². The first kappa shape index (κ1) is 18.2. The smallest absolute Gasteiger partial charge is 0.290 e. The van der Waals surface area contributed by atoms with Gasteiger partial charge in [0.1, 0.15) is 5.82 Å². The second kappa shape index (κ2) is 8.62. The average molecular weight is 346 g/mol. The Bertz CT molecular complexity index is 829. The van der Waals surface area contributed by atoms with Crippen LogP contribution in [0, 0.1) is 5.82 Å². The van der Waals surface area contributed by atoms with E-state index in [2.05, 4.69) is 10.1 Å². The molecule has 0 fully saturated rings. The van der Waals surface area contributed by atoms with Crippen LogP contribution in [-0.2, 0) is 24.8 Å². The molecular formula is C17H19FN4O3. The van der Waals surface area contributed by atoms with Crippen molar-refractivity contribution in [2.45, 2.75) is 13.0 Å². The molecule has 1 N–H and O–H groups in total. The highest BCUT2D eigenvalue weighted by molar-refractivity contribution is 5.58. The lowest BCUT2D eigenvalue weighted by molar-refractivity contribution is -0.122. The fraction of sp³-hybridized carbons (Fsp3) is 0.235. The molecule has 0 spiro atoms. The molecule has 7 nitrogen and oxygen atoms in total. The first-order chi connectivity index (χ1) is 12.1. The van der Waals surface area contributed by atoms with Gasteiger partial charge in [0, 0.05) is 37.7 Å². The highest BCUT2D eigenvalue weighted by Crippen LogP contribution is 2.25. The molecule has 0 atom stereocenters. The van der Waals surface area contributed by atoms with Gasteiger partial charge in [-0.05, 0) is 30.2 Å². The van der Waals surface area contributed by atoms with Gasteiger partial charge in [-0.3, -0.25) is 9.48 Å². The Morgan fingerprint density at radius 1 is 1.40 bits per heavy atom. The van der Waals surface area contributed by atoms with Crippen molar-refractivity contribution >= 4 is 6.47 Å². The maximum atomic E-state index is 13.5. The number of ether oxygens (including phenoxy) is 1. The van der Waals surface area contributed by atoms with E-state index in [4.69, 9.17) is 14.6 Å². The Morgan fingerprint density at radius 2 is 2.16 bits per heavy atom. The highest BCUT2D eigenvalue weighted by Gasteiger charge is 2.10. The minimum atomic E-state index is -0.375. The third kappa shape index (κ3) is 4.66. The van der Waals surface area contributed by atoms with Crippen molar-refractivity contribution in [3.63, 3.8) is 0 Å². The Morgan fingerprint density at radius 3 is 2.80 bits per heavy atom. The van der Waals surface area contributed by atoms with E-state index in [1.807, 2.05) is 30.2 Å². The zero-order valence-electron chi connectivity index (χ0n) is 14.0. The van der Waals surface area contributed by atoms with Gasteiger partial charge in [-0.1, -0.05) is 0 Å². The molecule has 0 unspecified atom stereocenters. The fourth-order valence-corrected chi connectivity index (χ4v) is 2.40. The second-order valence-electron chi connectivity index (χ2n) is 5.17. The Hall–Kier alpha value is -3.16. The number of nitrogens with zero attached hydrogens (tertiary/aromatic N) is 4. The summed E-state index contributed by atoms with van der Waals surface area (Å²) in [5.41, 5.74) is 1.99. The second-order valence-corrected chi connectivity index (χ2v) is 5.17. The molecule has 0 bridgehead atoms. The van der Waals surface area contributed by atoms with Crippen molar-refractivity contribution in [2.24, 2.45) is 7.05 Å². The maximum absolute atomic E-state index is 13.5. The van der Waals surface area contributed by atoms with Crippen molar-refractivity contribution in [1.82, 2.24) is 19.3 Å². The molecule has 1 aromatic carbocycles. The SMILES string of the molecule is COc1cc(-c2nccn2CCc2cnn(C)c2)ccc1F.O=CO. The van der Waals surface area contributed by atoms with Gasteiger partial charge in [0.15, 0.2) is 11.6 Å². The number of carboxylic acid groups (broad SMARTS) is 1. The van der Waals surface area contributed by atoms with Crippen LogP contribution in [0.5, 0.6) is 5.75 Å². The van der Waals surface area contributed by atoms with Crippen LogP contribution in [0.4, 0.5) is 4.39 Å². The van der Waals surface area contributed by atoms with Gasteiger partial charge in [0.05, 0.1) is 13.3 Å². The number of hydrogen-bond donors (Lipinski definition) is 1. The van der Waals surface area contributed by atoms with Gasteiger partial charge in [0.25, 0.3) is 6.47 Å². The van der Waals surface area contributed by atoms with Gasteiger partial charge < -0.3 is 14.4 Å². The van der Waals surface area contributed by atoms with E-state index in [0.29, 0.717) is 0 Å². The standard InChI is InChI=1S/C16H17FN4O.CH2O2/c1-20-11-12(10-19-20)5-7-21-8-6-18-16(21)13-3-4-14(17)15(9-13)22-2;2-1-3/h3-4,6,8-11H,5,7H2,1-2H3;1H,(H,2,3).